The molecule has 0 spiro atoms. The summed E-state index contributed by atoms with van der Waals surface area (Å²) in [6, 6.07) is 14.0. The Kier molecular flexibility index (Phi) is 6.53. The highest BCUT2D eigenvalue weighted by molar-refractivity contribution is 5.95. The van der Waals surface area contributed by atoms with E-state index in [2.05, 4.69) is 20.5 Å². The molecule has 1 aliphatic rings. The lowest BCUT2D eigenvalue weighted by molar-refractivity contribution is -0.124. The van der Waals surface area contributed by atoms with Gasteiger partial charge in [-0.3, -0.25) is 9.59 Å². The number of nitrogens with zero attached hydrogens (tertiary/aromatic N) is 4. The van der Waals surface area contributed by atoms with Crippen molar-refractivity contribution >= 4 is 29.4 Å². The van der Waals surface area contributed by atoms with Crippen molar-refractivity contribution in [3.63, 3.8) is 0 Å². The fraction of sp³-hybridized carbons (Fsp3) is 0.217. The van der Waals surface area contributed by atoms with E-state index in [4.69, 9.17) is 10.5 Å². The summed E-state index contributed by atoms with van der Waals surface area (Å²) in [5, 5.41) is 10.1. The lowest BCUT2D eigenvalue weighted by Crippen LogP contribution is -2.28. The zero-order chi connectivity index (χ0) is 23.2. The molecule has 0 aliphatic carbocycles. The Morgan fingerprint density at radius 3 is 2.79 bits per heavy atom. The van der Waals surface area contributed by atoms with Gasteiger partial charge in [0.25, 0.3) is 5.91 Å². The predicted molar refractivity (Wildman–Crippen MR) is 120 cm³/mol. The summed E-state index contributed by atoms with van der Waals surface area (Å²) in [6.45, 7) is 0.534. The number of nitrogen functional groups attached to an aromatic ring is 1. The molecular weight excluding hydrogens is 424 g/mol. The molecule has 2 aromatic carbocycles. The molecule has 0 radical (unpaired) electrons. The Hall–Kier alpha value is -4.34. The molecule has 0 atom stereocenters. The van der Waals surface area contributed by atoms with Crippen molar-refractivity contribution in [1.29, 1.82) is 0 Å². The number of carbonyl (C=O) groups is 3. The van der Waals surface area contributed by atoms with Crippen LogP contribution in [0.15, 0.2) is 54.7 Å². The van der Waals surface area contributed by atoms with Crippen LogP contribution in [0, 0.1) is 0 Å². The summed E-state index contributed by atoms with van der Waals surface area (Å²) in [4.78, 5) is 42.3. The van der Waals surface area contributed by atoms with Crippen LogP contribution in [0.25, 0.3) is 11.3 Å². The first kappa shape index (κ1) is 21.9. The van der Waals surface area contributed by atoms with Crippen LogP contribution in [-0.4, -0.2) is 46.1 Å². The third-order valence-corrected chi connectivity index (χ3v) is 5.09. The van der Waals surface area contributed by atoms with Crippen molar-refractivity contribution in [3.8, 4) is 11.3 Å². The molecule has 0 unspecified atom stereocenters. The molecule has 0 bridgehead atoms. The van der Waals surface area contributed by atoms with Gasteiger partial charge in [-0.1, -0.05) is 24.3 Å². The Morgan fingerprint density at radius 2 is 2.00 bits per heavy atom. The van der Waals surface area contributed by atoms with E-state index in [0.717, 1.165) is 17.7 Å². The van der Waals surface area contributed by atoms with Crippen LogP contribution in [0.2, 0.25) is 0 Å². The average Bonchev–Trinajstić information content (AvgIpc) is 3.27. The number of ether oxygens (including phenoxy) is 1. The molecule has 3 N–H and O–H groups in total. The van der Waals surface area contributed by atoms with Crippen LogP contribution in [0.5, 0.6) is 0 Å². The largest absolute Gasteiger partial charge is 0.452 e. The number of esters is 1. The summed E-state index contributed by atoms with van der Waals surface area (Å²) in [6.07, 6.45) is 2.83. The molecule has 33 heavy (non-hydrogen) atoms. The molecule has 10 heteroatoms. The Balaban J connectivity index is 1.30. The second-order valence-electron chi connectivity index (χ2n) is 7.45. The number of nitrogens with one attached hydrogen (secondary N) is 1. The standard InChI is InChI=1S/C23H22N6O4/c24-23-27-19(13-26-28-23)16-5-2-6-17(11-16)22(32)33-14-20(30)25-12-15-4-1-7-18(10-15)29-9-3-8-21(29)31/h1-2,4-7,10-11,13H,3,8-9,12,14H2,(H,25,30)(H2,24,27,28). The highest BCUT2D eigenvalue weighted by atomic mass is 16.5. The first-order valence-electron chi connectivity index (χ1n) is 10.4. The second kappa shape index (κ2) is 9.86. The van der Waals surface area contributed by atoms with Gasteiger partial charge in [0, 0.05) is 30.8 Å². The van der Waals surface area contributed by atoms with Gasteiger partial charge in [0.1, 0.15) is 0 Å². The first-order chi connectivity index (χ1) is 16.0. The average molecular weight is 446 g/mol. The minimum absolute atomic E-state index is 0.0229. The van der Waals surface area contributed by atoms with Gasteiger partial charge < -0.3 is 20.7 Å². The van der Waals surface area contributed by atoms with Gasteiger partial charge in [0.05, 0.1) is 17.5 Å². The zero-order valence-corrected chi connectivity index (χ0v) is 17.7. The van der Waals surface area contributed by atoms with Gasteiger partial charge >= 0.3 is 5.97 Å². The summed E-state index contributed by atoms with van der Waals surface area (Å²) >= 11 is 0. The monoisotopic (exact) mass is 446 g/mol. The first-order valence-corrected chi connectivity index (χ1v) is 10.4. The lowest BCUT2D eigenvalue weighted by atomic mass is 10.1. The summed E-state index contributed by atoms with van der Waals surface area (Å²) < 4.78 is 5.14. The lowest BCUT2D eigenvalue weighted by Gasteiger charge is -2.16. The maximum Gasteiger partial charge on any atom is 0.338 e. The number of anilines is 2. The minimum atomic E-state index is -0.642. The van der Waals surface area contributed by atoms with Crippen LogP contribution >= 0.6 is 0 Å². The maximum absolute atomic E-state index is 12.4. The Morgan fingerprint density at radius 1 is 1.15 bits per heavy atom. The molecule has 0 saturated carbocycles. The highest BCUT2D eigenvalue weighted by Crippen LogP contribution is 2.22. The zero-order valence-electron chi connectivity index (χ0n) is 17.7. The van der Waals surface area contributed by atoms with Gasteiger partial charge in [-0.05, 0) is 36.2 Å². The SMILES string of the molecule is Nc1nncc(-c2cccc(C(=O)OCC(=O)NCc3cccc(N4CCCC4=O)c3)c2)n1. The molecule has 168 valence electrons. The normalized spacial score (nSPS) is 13.1. The van der Waals surface area contributed by atoms with Crippen molar-refractivity contribution in [2.45, 2.75) is 19.4 Å². The maximum atomic E-state index is 12.4. The van der Waals surface area contributed by atoms with E-state index in [9.17, 15) is 14.4 Å². The fourth-order valence-electron chi connectivity index (χ4n) is 3.48. The van der Waals surface area contributed by atoms with Gasteiger partial charge in [0.15, 0.2) is 6.61 Å². The third kappa shape index (κ3) is 5.48. The minimum Gasteiger partial charge on any atom is -0.452 e. The second-order valence-corrected chi connectivity index (χ2v) is 7.45. The van der Waals surface area contributed by atoms with Crippen LogP contribution in [-0.2, 0) is 20.9 Å². The van der Waals surface area contributed by atoms with Crippen molar-refractivity contribution in [2.24, 2.45) is 0 Å². The number of hydrogen-bond donors (Lipinski definition) is 2. The number of nitrogens with two attached hydrogens (primary N) is 1. The summed E-state index contributed by atoms with van der Waals surface area (Å²) in [5.74, 6) is -0.951. The van der Waals surface area contributed by atoms with Gasteiger partial charge in [-0.25, -0.2) is 9.78 Å². The summed E-state index contributed by atoms with van der Waals surface area (Å²) in [7, 11) is 0. The Bertz CT molecular complexity index is 1200. The van der Waals surface area contributed by atoms with Crippen molar-refractivity contribution in [2.75, 3.05) is 23.8 Å². The molecule has 2 heterocycles. The van der Waals surface area contributed by atoms with Crippen molar-refractivity contribution in [3.05, 3.63) is 65.9 Å². The summed E-state index contributed by atoms with van der Waals surface area (Å²) in [5.41, 5.74) is 8.56. The van der Waals surface area contributed by atoms with Gasteiger partial charge in [-0.15, -0.1) is 5.10 Å². The van der Waals surface area contributed by atoms with Crippen molar-refractivity contribution in [1.82, 2.24) is 20.5 Å². The van der Waals surface area contributed by atoms with E-state index in [1.54, 1.807) is 29.2 Å². The van der Waals surface area contributed by atoms with Crippen LogP contribution in [0.4, 0.5) is 11.6 Å². The third-order valence-electron chi connectivity index (χ3n) is 5.09. The number of hydrogen-bond acceptors (Lipinski definition) is 8. The molecule has 2 amide bonds. The van der Waals surface area contributed by atoms with Crippen LogP contribution in [0.3, 0.4) is 0 Å². The molecule has 1 saturated heterocycles. The van der Waals surface area contributed by atoms with Crippen LogP contribution in [0.1, 0.15) is 28.8 Å². The van der Waals surface area contributed by atoms with Crippen molar-refractivity contribution < 1.29 is 19.1 Å². The molecule has 1 aromatic heterocycles. The highest BCUT2D eigenvalue weighted by Gasteiger charge is 2.21. The van der Waals surface area contributed by atoms with E-state index in [0.29, 0.717) is 24.2 Å². The number of benzene rings is 2. The number of aromatic nitrogens is 3. The molecule has 3 aromatic rings. The quantitative estimate of drug-likeness (QED) is 0.523. The topological polar surface area (TPSA) is 140 Å². The smallest absolute Gasteiger partial charge is 0.338 e. The van der Waals surface area contributed by atoms with E-state index >= 15 is 0 Å². The fourth-order valence-corrected chi connectivity index (χ4v) is 3.48. The van der Waals surface area contributed by atoms with Gasteiger partial charge in [-0.2, -0.15) is 5.10 Å². The number of amides is 2. The molecule has 1 aliphatic heterocycles. The van der Waals surface area contributed by atoms with Gasteiger partial charge in [0.2, 0.25) is 11.9 Å². The predicted octanol–water partition coefficient (Wildman–Crippen LogP) is 1.72. The van der Waals surface area contributed by atoms with Crippen LogP contribution < -0.4 is 16.0 Å². The number of rotatable bonds is 7. The molecule has 10 nitrogen and oxygen atoms in total. The van der Waals surface area contributed by atoms with E-state index < -0.39 is 18.5 Å². The van der Waals surface area contributed by atoms with E-state index in [1.165, 1.54) is 6.20 Å². The van der Waals surface area contributed by atoms with E-state index in [-0.39, 0.29) is 24.0 Å². The molecule has 1 fully saturated rings. The van der Waals surface area contributed by atoms with E-state index in [1.807, 2.05) is 24.3 Å². The Labute approximate surface area is 189 Å². The number of carbonyl (C=O) groups excluding carboxylic acids is 3. The molecular formula is C23H22N6O4. The molecule has 4 rings (SSSR count).